The molecule has 194 valence electrons. The van der Waals surface area contributed by atoms with Crippen LogP contribution in [0.15, 0.2) is 60.7 Å². The molecule has 0 spiro atoms. The summed E-state index contributed by atoms with van der Waals surface area (Å²) in [5.41, 5.74) is 7.95. The molecule has 1 amide bonds. The number of nitrogens with zero attached hydrogens (tertiary/aromatic N) is 2. The van der Waals surface area contributed by atoms with Crippen LogP contribution in [0.3, 0.4) is 0 Å². The summed E-state index contributed by atoms with van der Waals surface area (Å²) in [6.07, 6.45) is 10.4. The van der Waals surface area contributed by atoms with Gasteiger partial charge in [-0.25, -0.2) is 15.3 Å². The first kappa shape index (κ1) is 25.4. The van der Waals surface area contributed by atoms with E-state index >= 15 is 0 Å². The SMILES string of the molecule is O=C(C=Cc1ccc(Cc2nc(-c3ccccc3)c(CN3CCCCC3)[nH]2)cc1)NOC1CCCCO1. The third-order valence-electron chi connectivity index (χ3n) is 6.91. The predicted molar refractivity (Wildman–Crippen MR) is 144 cm³/mol. The van der Waals surface area contributed by atoms with Gasteiger partial charge in [-0.1, -0.05) is 61.0 Å². The molecule has 1 aromatic heterocycles. The van der Waals surface area contributed by atoms with E-state index < -0.39 is 0 Å². The van der Waals surface area contributed by atoms with Gasteiger partial charge in [0.2, 0.25) is 0 Å². The Kier molecular flexibility index (Phi) is 8.79. The zero-order valence-corrected chi connectivity index (χ0v) is 21.3. The molecular weight excluding hydrogens is 464 g/mol. The van der Waals surface area contributed by atoms with E-state index in [-0.39, 0.29) is 12.2 Å². The number of benzene rings is 2. The molecule has 0 aliphatic carbocycles. The van der Waals surface area contributed by atoms with Gasteiger partial charge >= 0.3 is 0 Å². The second-order valence-corrected chi connectivity index (χ2v) is 9.85. The third kappa shape index (κ3) is 7.38. The quantitative estimate of drug-likeness (QED) is 0.310. The molecule has 2 fully saturated rings. The number of likely N-dealkylation sites (tertiary alicyclic amines) is 1. The Morgan fingerprint density at radius 2 is 1.86 bits per heavy atom. The zero-order valence-electron chi connectivity index (χ0n) is 21.3. The average molecular weight is 501 g/mol. The summed E-state index contributed by atoms with van der Waals surface area (Å²) in [5, 5.41) is 0. The van der Waals surface area contributed by atoms with Crippen molar-refractivity contribution in [3.8, 4) is 11.3 Å². The molecule has 7 heteroatoms. The Balaban J connectivity index is 1.21. The Labute approximate surface area is 218 Å². The van der Waals surface area contributed by atoms with E-state index in [0.29, 0.717) is 6.61 Å². The van der Waals surface area contributed by atoms with Crippen molar-refractivity contribution in [1.82, 2.24) is 20.3 Å². The number of rotatable bonds is 9. The molecule has 0 radical (unpaired) electrons. The van der Waals surface area contributed by atoms with Gasteiger partial charge in [0.25, 0.3) is 5.91 Å². The number of carbonyl (C=O) groups is 1. The van der Waals surface area contributed by atoms with E-state index in [1.807, 2.05) is 18.2 Å². The van der Waals surface area contributed by atoms with Crippen LogP contribution in [0.1, 0.15) is 61.2 Å². The monoisotopic (exact) mass is 500 g/mol. The molecule has 2 aromatic carbocycles. The number of hydrogen-bond donors (Lipinski definition) is 2. The van der Waals surface area contributed by atoms with E-state index in [4.69, 9.17) is 14.6 Å². The Morgan fingerprint density at radius 1 is 1.05 bits per heavy atom. The molecule has 2 aliphatic rings. The highest BCUT2D eigenvalue weighted by Crippen LogP contribution is 2.25. The summed E-state index contributed by atoms with van der Waals surface area (Å²) < 4.78 is 5.45. The van der Waals surface area contributed by atoms with Crippen LogP contribution in [0.4, 0.5) is 0 Å². The van der Waals surface area contributed by atoms with Crippen LogP contribution in [0.25, 0.3) is 17.3 Å². The number of piperidine rings is 1. The number of aromatic nitrogens is 2. The number of hydrogen-bond acceptors (Lipinski definition) is 5. The van der Waals surface area contributed by atoms with Gasteiger partial charge in [0, 0.05) is 37.6 Å². The topological polar surface area (TPSA) is 79.5 Å². The van der Waals surface area contributed by atoms with E-state index in [1.165, 1.54) is 31.0 Å². The Morgan fingerprint density at radius 3 is 2.62 bits per heavy atom. The van der Waals surface area contributed by atoms with Crippen LogP contribution in [-0.4, -0.2) is 46.8 Å². The average Bonchev–Trinajstić information content (AvgIpc) is 3.35. The number of hydroxylamine groups is 1. The summed E-state index contributed by atoms with van der Waals surface area (Å²) in [6, 6.07) is 18.6. The lowest BCUT2D eigenvalue weighted by Crippen LogP contribution is -2.32. The van der Waals surface area contributed by atoms with E-state index in [0.717, 1.165) is 73.5 Å². The molecule has 1 atom stereocenters. The molecule has 2 N–H and O–H groups in total. The van der Waals surface area contributed by atoms with E-state index in [2.05, 4.69) is 51.8 Å². The maximum absolute atomic E-state index is 12.1. The number of carbonyl (C=O) groups excluding carboxylic acids is 1. The molecule has 3 heterocycles. The summed E-state index contributed by atoms with van der Waals surface area (Å²) in [6.45, 7) is 3.87. The molecule has 1 unspecified atom stereocenters. The summed E-state index contributed by atoms with van der Waals surface area (Å²) in [4.78, 5) is 28.6. The fourth-order valence-corrected chi connectivity index (χ4v) is 4.91. The number of nitrogens with one attached hydrogen (secondary N) is 2. The normalized spacial score (nSPS) is 18.8. The number of ether oxygens (including phenoxy) is 1. The van der Waals surface area contributed by atoms with Gasteiger partial charge in [-0.15, -0.1) is 0 Å². The third-order valence-corrected chi connectivity index (χ3v) is 6.91. The van der Waals surface area contributed by atoms with Crippen LogP contribution in [-0.2, 0) is 27.3 Å². The van der Waals surface area contributed by atoms with Crippen molar-refractivity contribution in [2.75, 3.05) is 19.7 Å². The largest absolute Gasteiger partial charge is 0.350 e. The second-order valence-electron chi connectivity index (χ2n) is 9.85. The van der Waals surface area contributed by atoms with Crippen molar-refractivity contribution in [2.45, 2.75) is 57.8 Å². The van der Waals surface area contributed by atoms with Crippen LogP contribution in [0, 0.1) is 0 Å². The summed E-state index contributed by atoms with van der Waals surface area (Å²) in [7, 11) is 0. The van der Waals surface area contributed by atoms with Crippen molar-refractivity contribution in [3.05, 3.63) is 83.3 Å². The van der Waals surface area contributed by atoms with Gasteiger partial charge < -0.3 is 9.72 Å². The lowest BCUT2D eigenvalue weighted by atomic mass is 10.1. The van der Waals surface area contributed by atoms with Crippen molar-refractivity contribution < 1.29 is 14.4 Å². The van der Waals surface area contributed by atoms with Crippen LogP contribution in [0.5, 0.6) is 0 Å². The minimum Gasteiger partial charge on any atom is -0.350 e. The van der Waals surface area contributed by atoms with Gasteiger partial charge in [-0.3, -0.25) is 9.69 Å². The molecule has 37 heavy (non-hydrogen) atoms. The fourth-order valence-electron chi connectivity index (χ4n) is 4.91. The van der Waals surface area contributed by atoms with E-state index in [9.17, 15) is 4.79 Å². The summed E-state index contributed by atoms with van der Waals surface area (Å²) in [5.74, 6) is 0.666. The fraction of sp³-hybridized carbons (Fsp3) is 0.400. The van der Waals surface area contributed by atoms with Gasteiger partial charge in [0.1, 0.15) is 5.82 Å². The molecule has 2 saturated heterocycles. The first-order valence-corrected chi connectivity index (χ1v) is 13.4. The van der Waals surface area contributed by atoms with Crippen LogP contribution >= 0.6 is 0 Å². The zero-order chi connectivity index (χ0) is 25.3. The van der Waals surface area contributed by atoms with Crippen molar-refractivity contribution >= 4 is 12.0 Å². The lowest BCUT2D eigenvalue weighted by Gasteiger charge is -2.26. The van der Waals surface area contributed by atoms with Gasteiger partial charge in [0.15, 0.2) is 6.29 Å². The van der Waals surface area contributed by atoms with Gasteiger partial charge in [-0.05, 0) is 56.0 Å². The molecule has 2 aliphatic heterocycles. The molecule has 7 nitrogen and oxygen atoms in total. The highest BCUT2D eigenvalue weighted by Gasteiger charge is 2.18. The second kappa shape index (κ2) is 12.8. The lowest BCUT2D eigenvalue weighted by molar-refractivity contribution is -0.198. The molecule has 0 bridgehead atoms. The van der Waals surface area contributed by atoms with E-state index in [1.54, 1.807) is 6.08 Å². The van der Waals surface area contributed by atoms with Crippen LogP contribution in [0.2, 0.25) is 0 Å². The van der Waals surface area contributed by atoms with Gasteiger partial charge in [0.05, 0.1) is 11.4 Å². The van der Waals surface area contributed by atoms with Gasteiger partial charge in [-0.2, -0.15) is 0 Å². The number of amides is 1. The minimum atomic E-state index is -0.352. The number of aromatic amines is 1. The van der Waals surface area contributed by atoms with Crippen molar-refractivity contribution in [1.29, 1.82) is 0 Å². The maximum atomic E-state index is 12.1. The molecule has 5 rings (SSSR count). The number of H-pyrrole nitrogens is 1. The van der Waals surface area contributed by atoms with Crippen molar-refractivity contribution in [3.63, 3.8) is 0 Å². The maximum Gasteiger partial charge on any atom is 0.267 e. The highest BCUT2D eigenvalue weighted by atomic mass is 16.8. The summed E-state index contributed by atoms with van der Waals surface area (Å²) >= 11 is 0. The Bertz CT molecular complexity index is 1160. The first-order chi connectivity index (χ1) is 18.2. The minimum absolute atomic E-state index is 0.302. The smallest absolute Gasteiger partial charge is 0.267 e. The molecular formula is C30H36N4O3. The molecule has 3 aromatic rings. The van der Waals surface area contributed by atoms with Crippen molar-refractivity contribution in [2.24, 2.45) is 0 Å². The Hall–Kier alpha value is -3.26. The molecule has 0 saturated carbocycles. The highest BCUT2D eigenvalue weighted by molar-refractivity contribution is 5.90. The predicted octanol–water partition coefficient (Wildman–Crippen LogP) is 5.24. The standard InChI is InChI=1S/C30H36N4O3/c35-28(33-37-29-11-5-8-20-36-29)17-16-23-12-14-24(15-13-23)21-27-31-26(22-34-18-6-2-7-19-34)30(32-27)25-9-3-1-4-10-25/h1,3-4,9-10,12-17,29H,2,5-8,11,18-22H2,(H,31,32)(H,33,35). The number of imidazole rings is 1. The van der Waals surface area contributed by atoms with Crippen LogP contribution < -0.4 is 5.48 Å². The first-order valence-electron chi connectivity index (χ1n) is 13.4.